The third-order valence-corrected chi connectivity index (χ3v) is 7.97. The second-order valence-electron chi connectivity index (χ2n) is 10.3. The number of fused-ring (bicyclic) bond motifs is 2. The molecule has 222 valence electrons. The lowest BCUT2D eigenvalue weighted by Gasteiger charge is -2.32. The van der Waals surface area contributed by atoms with Crippen LogP contribution in [0.15, 0.2) is 55.0 Å². The topological polar surface area (TPSA) is 99.9 Å². The number of anilines is 1. The van der Waals surface area contributed by atoms with E-state index < -0.39 is 42.3 Å². The van der Waals surface area contributed by atoms with E-state index in [9.17, 15) is 31.9 Å². The molecule has 4 heterocycles. The number of nitrogens with zero attached hydrogens (tertiary/aromatic N) is 5. The number of carbonyl (C=O) groups excluding carboxylic acids is 3. The molecule has 1 unspecified atom stereocenters. The van der Waals surface area contributed by atoms with Crippen molar-refractivity contribution in [3.05, 3.63) is 82.5 Å². The van der Waals surface area contributed by atoms with Crippen LogP contribution >= 0.6 is 11.6 Å². The van der Waals surface area contributed by atoms with E-state index in [2.05, 4.69) is 15.4 Å². The molecule has 0 saturated carbocycles. The summed E-state index contributed by atoms with van der Waals surface area (Å²) in [6.07, 6.45) is -0.210. The van der Waals surface area contributed by atoms with Crippen LogP contribution < -0.4 is 10.2 Å². The lowest BCUT2D eigenvalue weighted by molar-refractivity contribution is -0.170. The van der Waals surface area contributed by atoms with Gasteiger partial charge in [0.15, 0.2) is 5.65 Å². The van der Waals surface area contributed by atoms with Crippen LogP contribution in [0.5, 0.6) is 0 Å². The van der Waals surface area contributed by atoms with Crippen LogP contribution in [0.4, 0.5) is 23.2 Å². The molecule has 1 N–H and O–H groups in total. The maximum atomic E-state index is 14.3. The van der Waals surface area contributed by atoms with Gasteiger partial charge in [-0.2, -0.15) is 18.3 Å². The lowest BCUT2D eigenvalue weighted by atomic mass is 9.92. The van der Waals surface area contributed by atoms with Crippen LogP contribution in [-0.4, -0.2) is 63.0 Å². The van der Waals surface area contributed by atoms with E-state index in [1.54, 1.807) is 18.3 Å². The number of rotatable bonds is 5. The van der Waals surface area contributed by atoms with Crippen molar-refractivity contribution in [1.82, 2.24) is 24.8 Å². The number of aromatic nitrogens is 3. The number of piperidine rings is 1. The third kappa shape index (κ3) is 5.40. The Morgan fingerprint density at radius 1 is 1.05 bits per heavy atom. The third-order valence-electron chi connectivity index (χ3n) is 7.62. The standard InChI is InChI=1S/C29H23ClF4N6O3/c30-21-6-5-18(31)12-19(21)26-25-20(27(42)37-26)10-17(16-4-7-23-35-15-36-40(23)13-16)11-22(25)39(28(43)29(32,33)34)14-24(41)38-8-2-1-3-9-38/h4-7,10-13,15,26H,1-3,8-9,14H2,(H,37,42). The van der Waals surface area contributed by atoms with E-state index in [0.717, 1.165) is 18.6 Å². The maximum absolute atomic E-state index is 14.3. The van der Waals surface area contributed by atoms with E-state index >= 15 is 0 Å². The van der Waals surface area contributed by atoms with E-state index in [-0.39, 0.29) is 33.0 Å². The Bertz CT molecular complexity index is 1770. The molecule has 0 aliphatic carbocycles. The van der Waals surface area contributed by atoms with Crippen molar-refractivity contribution in [3.8, 4) is 11.1 Å². The van der Waals surface area contributed by atoms with Gasteiger partial charge in [0, 0.05) is 46.6 Å². The zero-order valence-corrected chi connectivity index (χ0v) is 23.1. The molecule has 0 bridgehead atoms. The number of halogens is 5. The fourth-order valence-corrected chi connectivity index (χ4v) is 5.78. The van der Waals surface area contributed by atoms with Crippen molar-refractivity contribution in [2.45, 2.75) is 31.5 Å². The molecule has 9 nitrogen and oxygen atoms in total. The summed E-state index contributed by atoms with van der Waals surface area (Å²) in [5, 5.41) is 6.79. The van der Waals surface area contributed by atoms with E-state index in [1.165, 1.54) is 33.9 Å². The van der Waals surface area contributed by atoms with Gasteiger partial charge >= 0.3 is 12.1 Å². The Labute approximate surface area is 247 Å². The summed E-state index contributed by atoms with van der Waals surface area (Å²) in [7, 11) is 0. The Morgan fingerprint density at radius 3 is 2.56 bits per heavy atom. The van der Waals surface area contributed by atoms with Gasteiger partial charge in [0.25, 0.3) is 5.91 Å². The Kier molecular flexibility index (Phi) is 7.28. The van der Waals surface area contributed by atoms with E-state index in [4.69, 9.17) is 11.6 Å². The van der Waals surface area contributed by atoms with Crippen LogP contribution in [0.1, 0.15) is 46.8 Å². The van der Waals surface area contributed by atoms with Crippen molar-refractivity contribution in [2.24, 2.45) is 0 Å². The molecule has 6 rings (SSSR count). The van der Waals surface area contributed by atoms with Crippen LogP contribution in [0.25, 0.3) is 16.8 Å². The lowest BCUT2D eigenvalue weighted by Crippen LogP contribution is -2.49. The predicted octanol–water partition coefficient (Wildman–Crippen LogP) is 4.93. The Balaban J connectivity index is 1.57. The van der Waals surface area contributed by atoms with Gasteiger partial charge < -0.3 is 10.2 Å². The molecule has 2 aliphatic heterocycles. The van der Waals surface area contributed by atoms with Gasteiger partial charge in [0.1, 0.15) is 18.7 Å². The highest BCUT2D eigenvalue weighted by molar-refractivity contribution is 6.31. The Morgan fingerprint density at radius 2 is 1.81 bits per heavy atom. The van der Waals surface area contributed by atoms with Gasteiger partial charge in [-0.25, -0.2) is 13.9 Å². The summed E-state index contributed by atoms with van der Waals surface area (Å²) >= 11 is 6.36. The molecular formula is C29H23ClF4N6O3. The second-order valence-corrected chi connectivity index (χ2v) is 10.7. The van der Waals surface area contributed by atoms with Crippen molar-refractivity contribution in [1.29, 1.82) is 0 Å². The number of likely N-dealkylation sites (tertiary alicyclic amines) is 1. The summed E-state index contributed by atoms with van der Waals surface area (Å²) in [5.41, 5.74) is 0.886. The first-order valence-corrected chi connectivity index (χ1v) is 13.8. The molecule has 3 amide bonds. The van der Waals surface area contributed by atoms with Gasteiger partial charge in [-0.3, -0.25) is 19.3 Å². The summed E-state index contributed by atoms with van der Waals surface area (Å²) < 4.78 is 58.1. The zero-order chi connectivity index (χ0) is 30.5. The van der Waals surface area contributed by atoms with Gasteiger partial charge in [0.05, 0.1) is 11.7 Å². The molecule has 1 saturated heterocycles. The quantitative estimate of drug-likeness (QED) is 0.322. The van der Waals surface area contributed by atoms with Crippen molar-refractivity contribution in [3.63, 3.8) is 0 Å². The number of pyridine rings is 1. The van der Waals surface area contributed by atoms with Crippen LogP contribution in [0, 0.1) is 5.82 Å². The maximum Gasteiger partial charge on any atom is 0.471 e. The molecule has 0 spiro atoms. The fraction of sp³-hybridized carbons (Fsp3) is 0.276. The van der Waals surface area contributed by atoms with Crippen LogP contribution in [-0.2, 0) is 9.59 Å². The number of carbonyl (C=O) groups is 3. The van der Waals surface area contributed by atoms with E-state index in [0.29, 0.717) is 42.0 Å². The number of benzene rings is 2. The average Bonchev–Trinajstić information content (AvgIpc) is 3.60. The molecule has 4 aromatic rings. The van der Waals surface area contributed by atoms with Gasteiger partial charge in [-0.05, 0) is 67.3 Å². The molecule has 1 fully saturated rings. The minimum Gasteiger partial charge on any atom is -0.341 e. The van der Waals surface area contributed by atoms with Gasteiger partial charge in [-0.1, -0.05) is 11.6 Å². The summed E-state index contributed by atoms with van der Waals surface area (Å²) in [4.78, 5) is 45.5. The number of alkyl halides is 3. The molecule has 1 atom stereocenters. The van der Waals surface area contributed by atoms with Crippen LogP contribution in [0.3, 0.4) is 0 Å². The molecular weight excluding hydrogens is 592 g/mol. The zero-order valence-electron chi connectivity index (χ0n) is 22.4. The average molecular weight is 615 g/mol. The SMILES string of the molecule is O=C1NC(c2cc(F)ccc2Cl)c2c1cc(-c1ccc3ncnn3c1)cc2N(CC(=O)N1CCCCC1)C(=O)C(F)(F)F. The minimum absolute atomic E-state index is 0.0351. The Hall–Kier alpha value is -4.52. The van der Waals surface area contributed by atoms with Crippen molar-refractivity contribution < 1.29 is 31.9 Å². The number of hydrogen-bond acceptors (Lipinski definition) is 5. The van der Waals surface area contributed by atoms with Gasteiger partial charge in [-0.15, -0.1) is 0 Å². The smallest absolute Gasteiger partial charge is 0.341 e. The number of nitrogens with one attached hydrogen (secondary N) is 1. The van der Waals surface area contributed by atoms with Crippen LogP contribution in [0.2, 0.25) is 5.02 Å². The fourth-order valence-electron chi connectivity index (χ4n) is 5.55. The molecule has 2 aromatic heterocycles. The highest BCUT2D eigenvalue weighted by Crippen LogP contribution is 2.44. The monoisotopic (exact) mass is 614 g/mol. The van der Waals surface area contributed by atoms with E-state index in [1.807, 2.05) is 0 Å². The largest absolute Gasteiger partial charge is 0.471 e. The highest BCUT2D eigenvalue weighted by atomic mass is 35.5. The normalized spacial score (nSPS) is 16.7. The first-order chi connectivity index (χ1) is 20.5. The molecule has 43 heavy (non-hydrogen) atoms. The molecule has 2 aromatic carbocycles. The number of amides is 3. The van der Waals surface area contributed by atoms with Crippen molar-refractivity contribution in [2.75, 3.05) is 24.5 Å². The summed E-state index contributed by atoms with van der Waals surface area (Å²) in [6.45, 7) is -0.219. The molecule has 0 radical (unpaired) electrons. The summed E-state index contributed by atoms with van der Waals surface area (Å²) in [5.74, 6) is -4.32. The second kappa shape index (κ2) is 11.0. The van der Waals surface area contributed by atoms with Crippen molar-refractivity contribution >= 4 is 40.7 Å². The highest BCUT2D eigenvalue weighted by Gasteiger charge is 2.46. The minimum atomic E-state index is -5.35. The summed E-state index contributed by atoms with van der Waals surface area (Å²) in [6, 6.07) is 8.25. The van der Waals surface area contributed by atoms with Gasteiger partial charge in [0.2, 0.25) is 5.91 Å². The number of hydrogen-bond donors (Lipinski definition) is 1. The first-order valence-electron chi connectivity index (χ1n) is 13.4. The first kappa shape index (κ1) is 28.6. The molecule has 14 heteroatoms. The molecule has 2 aliphatic rings. The predicted molar refractivity (Wildman–Crippen MR) is 148 cm³/mol.